The first-order chi connectivity index (χ1) is 6.72. The van der Waals surface area contributed by atoms with Crippen LogP contribution in [0.4, 0.5) is 5.69 Å². The molecular weight excluding hydrogens is 178 g/mol. The number of esters is 1. The molecular formula is C11H13NO2. The summed E-state index contributed by atoms with van der Waals surface area (Å²) in [7, 11) is 0. The van der Waals surface area contributed by atoms with Gasteiger partial charge in [-0.2, -0.15) is 0 Å². The molecule has 1 aromatic rings. The number of hydrogen-bond donors (Lipinski definition) is 1. The lowest BCUT2D eigenvalue weighted by molar-refractivity contribution is -0.137. The smallest absolute Gasteiger partial charge is 0.330 e. The summed E-state index contributed by atoms with van der Waals surface area (Å²) < 4.78 is 4.74. The first kappa shape index (κ1) is 10.3. The van der Waals surface area contributed by atoms with Crippen molar-refractivity contribution in [3.63, 3.8) is 0 Å². The second kappa shape index (κ2) is 5.07. The monoisotopic (exact) mass is 191 g/mol. The Kier molecular flexibility index (Phi) is 3.73. The van der Waals surface area contributed by atoms with Crippen LogP contribution in [0.2, 0.25) is 0 Å². The van der Waals surface area contributed by atoms with Crippen LogP contribution in [0.1, 0.15) is 12.5 Å². The maximum atomic E-state index is 11.0. The molecule has 0 fully saturated rings. The number of carbonyl (C=O) groups is 1. The van der Waals surface area contributed by atoms with Crippen LogP contribution < -0.4 is 5.73 Å². The molecule has 0 bridgehead atoms. The third-order valence-electron chi connectivity index (χ3n) is 1.61. The molecule has 74 valence electrons. The van der Waals surface area contributed by atoms with Crippen LogP contribution >= 0.6 is 0 Å². The number of anilines is 1. The van der Waals surface area contributed by atoms with Gasteiger partial charge in [0.15, 0.2) is 0 Å². The standard InChI is InChI=1S/C11H13NO2/c1-2-14-11(13)7-6-9-4-3-5-10(12)8-9/h3-8H,2,12H2,1H3. The fourth-order valence-electron chi connectivity index (χ4n) is 1.02. The van der Waals surface area contributed by atoms with Gasteiger partial charge in [-0.15, -0.1) is 0 Å². The van der Waals surface area contributed by atoms with E-state index in [1.165, 1.54) is 6.08 Å². The van der Waals surface area contributed by atoms with Crippen molar-refractivity contribution in [1.29, 1.82) is 0 Å². The van der Waals surface area contributed by atoms with Gasteiger partial charge in [0.05, 0.1) is 6.61 Å². The van der Waals surface area contributed by atoms with E-state index >= 15 is 0 Å². The van der Waals surface area contributed by atoms with E-state index < -0.39 is 0 Å². The molecule has 0 atom stereocenters. The lowest BCUT2D eigenvalue weighted by Crippen LogP contribution is -1.98. The van der Waals surface area contributed by atoms with Crippen LogP contribution in [-0.4, -0.2) is 12.6 Å². The topological polar surface area (TPSA) is 52.3 Å². The Hall–Kier alpha value is -1.77. The largest absolute Gasteiger partial charge is 0.463 e. The molecule has 0 spiro atoms. The van der Waals surface area contributed by atoms with Gasteiger partial charge >= 0.3 is 5.97 Å². The highest BCUT2D eigenvalue weighted by atomic mass is 16.5. The Bertz CT molecular complexity index is 345. The van der Waals surface area contributed by atoms with Crippen molar-refractivity contribution in [2.45, 2.75) is 6.92 Å². The van der Waals surface area contributed by atoms with Crippen molar-refractivity contribution >= 4 is 17.7 Å². The summed E-state index contributed by atoms with van der Waals surface area (Å²) in [5.41, 5.74) is 7.14. The Morgan fingerprint density at radius 2 is 2.36 bits per heavy atom. The maximum absolute atomic E-state index is 11.0. The lowest BCUT2D eigenvalue weighted by atomic mass is 10.2. The van der Waals surface area contributed by atoms with Crippen molar-refractivity contribution in [3.8, 4) is 0 Å². The number of nitrogen functional groups attached to an aromatic ring is 1. The van der Waals surface area contributed by atoms with Gasteiger partial charge in [-0.25, -0.2) is 4.79 Å². The van der Waals surface area contributed by atoms with Crippen LogP contribution in [-0.2, 0) is 9.53 Å². The molecule has 0 amide bonds. The van der Waals surface area contributed by atoms with E-state index in [2.05, 4.69) is 0 Å². The van der Waals surface area contributed by atoms with Crippen LogP contribution in [0, 0.1) is 0 Å². The molecule has 0 saturated carbocycles. The molecule has 1 aromatic carbocycles. The highest BCUT2D eigenvalue weighted by molar-refractivity contribution is 5.87. The zero-order valence-corrected chi connectivity index (χ0v) is 8.07. The average molecular weight is 191 g/mol. The Morgan fingerprint density at radius 1 is 1.57 bits per heavy atom. The first-order valence-electron chi connectivity index (χ1n) is 4.42. The Balaban J connectivity index is 2.64. The van der Waals surface area contributed by atoms with E-state index in [0.717, 1.165) is 5.56 Å². The summed E-state index contributed by atoms with van der Waals surface area (Å²) in [5.74, 6) is -0.338. The van der Waals surface area contributed by atoms with E-state index in [4.69, 9.17) is 10.5 Å². The summed E-state index contributed by atoms with van der Waals surface area (Å²) in [6.07, 6.45) is 3.06. The summed E-state index contributed by atoms with van der Waals surface area (Å²) in [5, 5.41) is 0. The molecule has 0 radical (unpaired) electrons. The van der Waals surface area contributed by atoms with Crippen molar-refractivity contribution in [3.05, 3.63) is 35.9 Å². The van der Waals surface area contributed by atoms with Crippen molar-refractivity contribution < 1.29 is 9.53 Å². The quantitative estimate of drug-likeness (QED) is 0.450. The minimum absolute atomic E-state index is 0.338. The predicted octanol–water partition coefficient (Wildman–Crippen LogP) is 1.85. The molecule has 0 aliphatic rings. The number of benzene rings is 1. The van der Waals surface area contributed by atoms with Gasteiger partial charge < -0.3 is 10.5 Å². The van der Waals surface area contributed by atoms with Crippen LogP contribution in [0.3, 0.4) is 0 Å². The second-order valence-electron chi connectivity index (χ2n) is 2.76. The fourth-order valence-corrected chi connectivity index (χ4v) is 1.02. The third-order valence-corrected chi connectivity index (χ3v) is 1.61. The Morgan fingerprint density at radius 3 is 3.00 bits per heavy atom. The van der Waals surface area contributed by atoms with Gasteiger partial charge in [-0.05, 0) is 30.7 Å². The predicted molar refractivity (Wildman–Crippen MR) is 56.5 cm³/mol. The van der Waals surface area contributed by atoms with Gasteiger partial charge in [0, 0.05) is 11.8 Å². The number of nitrogens with two attached hydrogens (primary N) is 1. The van der Waals surface area contributed by atoms with Gasteiger partial charge in [0.25, 0.3) is 0 Å². The van der Waals surface area contributed by atoms with Crippen molar-refractivity contribution in [2.75, 3.05) is 12.3 Å². The summed E-state index contributed by atoms with van der Waals surface area (Å²) in [4.78, 5) is 11.0. The van der Waals surface area contributed by atoms with Gasteiger partial charge in [-0.1, -0.05) is 12.1 Å². The highest BCUT2D eigenvalue weighted by Gasteiger charge is 1.93. The minimum atomic E-state index is -0.338. The number of ether oxygens (including phenoxy) is 1. The summed E-state index contributed by atoms with van der Waals surface area (Å²) in [6, 6.07) is 7.28. The molecule has 0 unspecified atom stereocenters. The molecule has 14 heavy (non-hydrogen) atoms. The zero-order valence-electron chi connectivity index (χ0n) is 8.07. The van der Waals surface area contributed by atoms with Gasteiger partial charge in [0.2, 0.25) is 0 Å². The lowest BCUT2D eigenvalue weighted by Gasteiger charge is -1.96. The van der Waals surface area contributed by atoms with E-state index in [9.17, 15) is 4.79 Å². The minimum Gasteiger partial charge on any atom is -0.463 e. The zero-order chi connectivity index (χ0) is 10.4. The number of rotatable bonds is 3. The molecule has 0 aliphatic heterocycles. The normalized spacial score (nSPS) is 10.4. The first-order valence-corrected chi connectivity index (χ1v) is 4.42. The molecule has 3 nitrogen and oxygen atoms in total. The molecule has 3 heteroatoms. The summed E-state index contributed by atoms with van der Waals surface area (Å²) in [6.45, 7) is 2.16. The second-order valence-corrected chi connectivity index (χ2v) is 2.76. The van der Waals surface area contributed by atoms with Gasteiger partial charge in [0.1, 0.15) is 0 Å². The average Bonchev–Trinajstić information content (AvgIpc) is 2.15. The van der Waals surface area contributed by atoms with Crippen LogP contribution in [0.15, 0.2) is 30.3 Å². The molecule has 0 aliphatic carbocycles. The Labute approximate surface area is 83.2 Å². The molecule has 2 N–H and O–H groups in total. The summed E-state index contributed by atoms with van der Waals surface area (Å²) >= 11 is 0. The number of carbonyl (C=O) groups excluding carboxylic acids is 1. The fraction of sp³-hybridized carbons (Fsp3) is 0.182. The van der Waals surface area contributed by atoms with Gasteiger partial charge in [-0.3, -0.25) is 0 Å². The van der Waals surface area contributed by atoms with E-state index in [1.807, 2.05) is 12.1 Å². The van der Waals surface area contributed by atoms with E-state index in [1.54, 1.807) is 25.1 Å². The molecule has 0 saturated heterocycles. The third kappa shape index (κ3) is 3.31. The maximum Gasteiger partial charge on any atom is 0.330 e. The van der Waals surface area contributed by atoms with Crippen LogP contribution in [0.5, 0.6) is 0 Å². The van der Waals surface area contributed by atoms with Crippen molar-refractivity contribution in [2.24, 2.45) is 0 Å². The van der Waals surface area contributed by atoms with Crippen molar-refractivity contribution in [1.82, 2.24) is 0 Å². The number of hydrogen-bond acceptors (Lipinski definition) is 3. The molecule has 0 heterocycles. The van der Waals surface area contributed by atoms with E-state index in [0.29, 0.717) is 12.3 Å². The molecule has 0 aromatic heterocycles. The highest BCUT2D eigenvalue weighted by Crippen LogP contribution is 2.07. The van der Waals surface area contributed by atoms with E-state index in [-0.39, 0.29) is 5.97 Å². The van der Waals surface area contributed by atoms with Crippen LogP contribution in [0.25, 0.3) is 6.08 Å². The molecule has 1 rings (SSSR count). The SMILES string of the molecule is CCOC(=O)C=Cc1cccc(N)c1.